The van der Waals surface area contributed by atoms with Crippen molar-refractivity contribution in [3.63, 3.8) is 0 Å². The van der Waals surface area contributed by atoms with Crippen molar-refractivity contribution in [3.05, 3.63) is 34.5 Å². The molecule has 8 nitrogen and oxygen atoms in total. The van der Waals surface area contributed by atoms with Crippen LogP contribution in [-0.2, 0) is 9.53 Å². The highest BCUT2D eigenvalue weighted by atomic mass is 35.5. The molecule has 0 spiro atoms. The Morgan fingerprint density at radius 2 is 2.08 bits per heavy atom. The molecule has 0 unspecified atom stereocenters. The maximum atomic E-state index is 12.2. The number of carbonyl (C=O) groups is 2. The van der Waals surface area contributed by atoms with Gasteiger partial charge in [-0.05, 0) is 19.9 Å². The van der Waals surface area contributed by atoms with Crippen molar-refractivity contribution >= 4 is 35.0 Å². The van der Waals surface area contributed by atoms with Gasteiger partial charge >= 0.3 is 5.97 Å². The number of hydrogen-bond acceptors (Lipinski definition) is 7. The Morgan fingerprint density at radius 1 is 1.38 bits per heavy atom. The van der Waals surface area contributed by atoms with Crippen LogP contribution in [0.2, 0.25) is 5.02 Å². The third-order valence-electron chi connectivity index (χ3n) is 3.07. The minimum atomic E-state index is -1.07. The molecule has 1 aromatic heterocycles. The Morgan fingerprint density at radius 3 is 2.67 bits per heavy atom. The van der Waals surface area contributed by atoms with Gasteiger partial charge in [0.25, 0.3) is 5.91 Å². The Labute approximate surface area is 142 Å². The lowest BCUT2D eigenvalue weighted by Crippen LogP contribution is -2.30. The highest BCUT2D eigenvalue weighted by Crippen LogP contribution is 2.29. The topological polar surface area (TPSA) is 117 Å². The van der Waals surface area contributed by atoms with E-state index in [1.807, 2.05) is 0 Å². The monoisotopic (exact) mass is 353 g/mol. The van der Waals surface area contributed by atoms with E-state index < -0.39 is 18.0 Å². The van der Waals surface area contributed by atoms with Crippen LogP contribution in [0.5, 0.6) is 5.75 Å². The molecule has 3 N–H and O–H groups in total. The Kier molecular flexibility index (Phi) is 5.30. The first kappa shape index (κ1) is 17.6. The molecule has 0 saturated carbocycles. The first-order chi connectivity index (χ1) is 11.3. The molecule has 0 aliphatic heterocycles. The maximum absolute atomic E-state index is 12.2. The summed E-state index contributed by atoms with van der Waals surface area (Å²) in [6, 6.07) is 4.26. The van der Waals surface area contributed by atoms with Crippen LogP contribution in [0.15, 0.2) is 22.7 Å². The second-order valence-electron chi connectivity index (χ2n) is 4.93. The van der Waals surface area contributed by atoms with Crippen molar-refractivity contribution < 1.29 is 23.6 Å². The van der Waals surface area contributed by atoms with Crippen molar-refractivity contribution in [2.75, 3.05) is 18.2 Å². The predicted molar refractivity (Wildman–Crippen MR) is 87.2 cm³/mol. The molecule has 24 heavy (non-hydrogen) atoms. The summed E-state index contributed by atoms with van der Waals surface area (Å²) in [5.74, 6) is -0.365. The number of benzene rings is 1. The van der Waals surface area contributed by atoms with Crippen LogP contribution in [0.25, 0.3) is 0 Å². The smallest absolute Gasteiger partial charge is 0.342 e. The van der Waals surface area contributed by atoms with Gasteiger partial charge in [-0.1, -0.05) is 16.8 Å². The third kappa shape index (κ3) is 3.96. The standard InChI is InChI=1S/C15H16ClN3O5/c1-7-4-13(19-24-7)18-14(20)8(2)23-15(21)9-5-10(16)11(17)6-12(9)22-3/h4-6,8H,17H2,1-3H3,(H,18,19,20)/t8-/m0/s1. The van der Waals surface area contributed by atoms with E-state index in [-0.39, 0.29) is 27.8 Å². The zero-order chi connectivity index (χ0) is 17.9. The molecule has 2 rings (SSSR count). The normalized spacial score (nSPS) is 11.7. The fourth-order valence-electron chi connectivity index (χ4n) is 1.83. The fraction of sp³-hybridized carbons (Fsp3) is 0.267. The Balaban J connectivity index is 2.08. The van der Waals surface area contributed by atoms with E-state index in [4.69, 9.17) is 31.3 Å². The Hall–Kier alpha value is -2.74. The number of aromatic nitrogens is 1. The van der Waals surface area contributed by atoms with Gasteiger partial charge in [-0.15, -0.1) is 0 Å². The van der Waals surface area contributed by atoms with Crippen molar-refractivity contribution in [2.45, 2.75) is 20.0 Å². The van der Waals surface area contributed by atoms with Crippen LogP contribution >= 0.6 is 11.6 Å². The van der Waals surface area contributed by atoms with Gasteiger partial charge in [0.15, 0.2) is 11.9 Å². The number of amides is 1. The number of anilines is 2. The first-order valence-corrected chi connectivity index (χ1v) is 7.27. The van der Waals surface area contributed by atoms with Gasteiger partial charge in [0.1, 0.15) is 17.1 Å². The van der Waals surface area contributed by atoms with E-state index in [0.29, 0.717) is 5.76 Å². The number of aryl methyl sites for hydroxylation is 1. The van der Waals surface area contributed by atoms with Crippen LogP contribution in [0.3, 0.4) is 0 Å². The maximum Gasteiger partial charge on any atom is 0.342 e. The van der Waals surface area contributed by atoms with E-state index in [2.05, 4.69) is 10.5 Å². The van der Waals surface area contributed by atoms with Crippen molar-refractivity contribution in [1.82, 2.24) is 5.16 Å². The molecule has 0 fully saturated rings. The van der Waals surface area contributed by atoms with Gasteiger partial charge in [-0.3, -0.25) is 4.79 Å². The number of carbonyl (C=O) groups excluding carboxylic acids is 2. The van der Waals surface area contributed by atoms with Crippen LogP contribution in [0, 0.1) is 6.92 Å². The van der Waals surface area contributed by atoms with E-state index in [1.54, 1.807) is 6.92 Å². The van der Waals surface area contributed by atoms with E-state index in [9.17, 15) is 9.59 Å². The molecule has 0 aliphatic carbocycles. The number of hydrogen-bond donors (Lipinski definition) is 2. The van der Waals surface area contributed by atoms with Crippen molar-refractivity contribution in [1.29, 1.82) is 0 Å². The molecule has 2 aromatic rings. The van der Waals surface area contributed by atoms with Gasteiger partial charge in [0.05, 0.1) is 17.8 Å². The van der Waals surface area contributed by atoms with Gasteiger partial charge in [-0.2, -0.15) is 0 Å². The summed E-state index contributed by atoms with van der Waals surface area (Å²) >= 11 is 5.91. The number of nitrogens with one attached hydrogen (secondary N) is 1. The first-order valence-electron chi connectivity index (χ1n) is 6.90. The minimum absolute atomic E-state index is 0.0635. The SMILES string of the molecule is COc1cc(N)c(Cl)cc1C(=O)O[C@@H](C)C(=O)Nc1cc(C)on1. The Bertz CT molecular complexity index is 774. The average Bonchev–Trinajstić information content (AvgIpc) is 2.94. The third-order valence-corrected chi connectivity index (χ3v) is 3.40. The summed E-state index contributed by atoms with van der Waals surface area (Å²) in [4.78, 5) is 24.3. The second kappa shape index (κ2) is 7.22. The van der Waals surface area contributed by atoms with Gasteiger partial charge in [0.2, 0.25) is 0 Å². The summed E-state index contributed by atoms with van der Waals surface area (Å²) in [5, 5.41) is 6.27. The zero-order valence-electron chi connectivity index (χ0n) is 13.3. The molecule has 1 aromatic carbocycles. The van der Waals surface area contributed by atoms with Crippen molar-refractivity contribution in [2.24, 2.45) is 0 Å². The largest absolute Gasteiger partial charge is 0.496 e. The second-order valence-corrected chi connectivity index (χ2v) is 5.34. The lowest BCUT2D eigenvalue weighted by molar-refractivity contribution is -0.123. The quantitative estimate of drug-likeness (QED) is 0.626. The molecule has 1 amide bonds. The van der Waals surface area contributed by atoms with E-state index >= 15 is 0 Å². The molecule has 1 heterocycles. The van der Waals surface area contributed by atoms with Gasteiger partial charge in [0, 0.05) is 12.1 Å². The zero-order valence-corrected chi connectivity index (χ0v) is 14.0. The van der Waals surface area contributed by atoms with Gasteiger partial charge in [-0.25, -0.2) is 4.79 Å². The lowest BCUT2D eigenvalue weighted by atomic mass is 10.2. The molecule has 9 heteroatoms. The lowest BCUT2D eigenvalue weighted by Gasteiger charge is -2.14. The number of esters is 1. The van der Waals surface area contributed by atoms with E-state index in [0.717, 1.165) is 0 Å². The van der Waals surface area contributed by atoms with Crippen molar-refractivity contribution in [3.8, 4) is 5.75 Å². The molecule has 1 atom stereocenters. The molecule has 0 aliphatic rings. The summed E-state index contributed by atoms with van der Waals surface area (Å²) in [6.07, 6.45) is -1.07. The van der Waals surface area contributed by atoms with Crippen LogP contribution < -0.4 is 15.8 Å². The molecular weight excluding hydrogens is 338 g/mol. The highest BCUT2D eigenvalue weighted by Gasteiger charge is 2.23. The summed E-state index contributed by atoms with van der Waals surface area (Å²) in [7, 11) is 1.38. The number of nitrogens with zero attached hydrogens (tertiary/aromatic N) is 1. The highest BCUT2D eigenvalue weighted by molar-refractivity contribution is 6.33. The average molecular weight is 354 g/mol. The van der Waals surface area contributed by atoms with Crippen LogP contribution in [0.4, 0.5) is 11.5 Å². The predicted octanol–water partition coefficient (Wildman–Crippen LogP) is 2.41. The molecule has 0 radical (unpaired) electrons. The summed E-state index contributed by atoms with van der Waals surface area (Å²) in [5.41, 5.74) is 5.98. The number of nitrogens with two attached hydrogens (primary N) is 1. The minimum Gasteiger partial charge on any atom is -0.496 e. The van der Waals surface area contributed by atoms with Gasteiger partial charge < -0.3 is 25.0 Å². The number of halogens is 1. The van der Waals surface area contributed by atoms with Crippen LogP contribution in [-0.4, -0.2) is 30.2 Å². The number of ether oxygens (including phenoxy) is 2. The molecule has 0 saturated heterocycles. The summed E-state index contributed by atoms with van der Waals surface area (Å²) in [6.45, 7) is 3.11. The number of nitrogen functional groups attached to an aromatic ring is 1. The van der Waals surface area contributed by atoms with E-state index in [1.165, 1.54) is 32.2 Å². The molecule has 128 valence electrons. The van der Waals surface area contributed by atoms with Crippen LogP contribution in [0.1, 0.15) is 23.0 Å². The molecule has 0 bridgehead atoms. The number of rotatable bonds is 5. The summed E-state index contributed by atoms with van der Waals surface area (Å²) < 4.78 is 15.0. The fourth-order valence-corrected chi connectivity index (χ4v) is 1.99. The number of methoxy groups -OCH3 is 1. The molecular formula is C15H16ClN3O5.